The summed E-state index contributed by atoms with van der Waals surface area (Å²) in [6.45, 7) is 5.77. The number of halogens is 1. The zero-order chi connectivity index (χ0) is 15.2. The number of nitrogens with zero attached hydrogens (tertiary/aromatic N) is 1. The molecule has 2 N–H and O–H groups in total. The zero-order valence-electron chi connectivity index (χ0n) is 12.8. The Labute approximate surface area is 131 Å². The monoisotopic (exact) mass is 309 g/mol. The van der Waals surface area contributed by atoms with Gasteiger partial charge < -0.3 is 10.6 Å². The highest BCUT2D eigenvalue weighted by Gasteiger charge is 2.19. The van der Waals surface area contributed by atoms with Crippen molar-refractivity contribution >= 4 is 23.3 Å². The first-order valence-electron chi connectivity index (χ1n) is 7.77. The van der Waals surface area contributed by atoms with Gasteiger partial charge in [0, 0.05) is 19.3 Å². The molecule has 4 nitrogen and oxygen atoms in total. The summed E-state index contributed by atoms with van der Waals surface area (Å²) in [5.41, 5.74) is 0.519. The lowest BCUT2D eigenvalue weighted by Crippen LogP contribution is -2.31. The molecule has 1 amide bonds. The third-order valence-electron chi connectivity index (χ3n) is 4.13. The molecular weight excluding hydrogens is 286 g/mol. The highest BCUT2D eigenvalue weighted by Crippen LogP contribution is 2.27. The highest BCUT2D eigenvalue weighted by atomic mass is 35.5. The lowest BCUT2D eigenvalue weighted by Gasteiger charge is -2.26. The standard InChI is InChI=1S/C16H24ClN3O/c1-3-18-15-14(17)8-13(10-19-15)16(21)20-9-12-6-4-11(2)5-7-12/h8,10-12H,3-7,9H2,1-2H3,(H,18,19)(H,20,21). The van der Waals surface area contributed by atoms with E-state index in [1.165, 1.54) is 25.7 Å². The molecule has 1 fully saturated rings. The molecule has 1 aromatic rings. The van der Waals surface area contributed by atoms with Crippen LogP contribution in [0.3, 0.4) is 0 Å². The number of rotatable bonds is 5. The molecule has 1 heterocycles. The molecule has 5 heteroatoms. The number of amides is 1. The van der Waals surface area contributed by atoms with Gasteiger partial charge in [0.1, 0.15) is 5.82 Å². The van der Waals surface area contributed by atoms with E-state index in [-0.39, 0.29) is 5.91 Å². The Bertz CT molecular complexity index is 484. The van der Waals surface area contributed by atoms with E-state index in [2.05, 4.69) is 22.5 Å². The van der Waals surface area contributed by atoms with Crippen LogP contribution >= 0.6 is 11.6 Å². The number of aromatic nitrogens is 1. The predicted molar refractivity (Wildman–Crippen MR) is 86.9 cm³/mol. The average molecular weight is 310 g/mol. The molecule has 1 aromatic heterocycles. The first-order valence-corrected chi connectivity index (χ1v) is 8.15. The molecule has 0 bridgehead atoms. The third kappa shape index (κ3) is 4.60. The van der Waals surface area contributed by atoms with Crippen LogP contribution in [0, 0.1) is 11.8 Å². The Morgan fingerprint density at radius 1 is 1.38 bits per heavy atom. The van der Waals surface area contributed by atoms with Gasteiger partial charge in [0.2, 0.25) is 0 Å². The largest absolute Gasteiger partial charge is 0.369 e. The molecule has 0 radical (unpaired) electrons. The van der Waals surface area contributed by atoms with Crippen molar-refractivity contribution in [3.05, 3.63) is 22.8 Å². The summed E-state index contributed by atoms with van der Waals surface area (Å²) in [5.74, 6) is 1.97. The molecule has 116 valence electrons. The fraction of sp³-hybridized carbons (Fsp3) is 0.625. The minimum atomic E-state index is -0.0916. The molecule has 1 aliphatic rings. The number of hydrogen-bond donors (Lipinski definition) is 2. The highest BCUT2D eigenvalue weighted by molar-refractivity contribution is 6.33. The minimum absolute atomic E-state index is 0.0916. The summed E-state index contributed by atoms with van der Waals surface area (Å²) in [6, 6.07) is 1.67. The number of hydrogen-bond acceptors (Lipinski definition) is 3. The van der Waals surface area contributed by atoms with Crippen LogP contribution in [0.15, 0.2) is 12.3 Å². The Hall–Kier alpha value is -1.29. The van der Waals surface area contributed by atoms with Crippen LogP contribution in [-0.4, -0.2) is 24.0 Å². The molecule has 0 atom stereocenters. The minimum Gasteiger partial charge on any atom is -0.369 e. The molecule has 21 heavy (non-hydrogen) atoms. The second-order valence-electron chi connectivity index (χ2n) is 5.92. The van der Waals surface area contributed by atoms with Crippen LogP contribution < -0.4 is 10.6 Å². The van der Waals surface area contributed by atoms with Gasteiger partial charge in [-0.05, 0) is 37.7 Å². The maximum absolute atomic E-state index is 12.1. The van der Waals surface area contributed by atoms with Gasteiger partial charge >= 0.3 is 0 Å². The van der Waals surface area contributed by atoms with Crippen molar-refractivity contribution in [3.8, 4) is 0 Å². The molecule has 1 aliphatic carbocycles. The number of pyridine rings is 1. The van der Waals surface area contributed by atoms with Crippen molar-refractivity contribution in [2.24, 2.45) is 11.8 Å². The Kier molecular flexibility index (Phi) is 5.85. The summed E-state index contributed by atoms with van der Waals surface area (Å²) in [4.78, 5) is 16.3. The fourth-order valence-electron chi connectivity index (χ4n) is 2.73. The number of carbonyl (C=O) groups excluding carboxylic acids is 1. The second kappa shape index (κ2) is 7.64. The van der Waals surface area contributed by atoms with Crippen molar-refractivity contribution in [1.29, 1.82) is 0 Å². The lowest BCUT2D eigenvalue weighted by molar-refractivity contribution is 0.0941. The van der Waals surface area contributed by atoms with Crippen LogP contribution in [0.5, 0.6) is 0 Å². The number of carbonyl (C=O) groups is 1. The van der Waals surface area contributed by atoms with E-state index >= 15 is 0 Å². The van der Waals surface area contributed by atoms with E-state index in [0.29, 0.717) is 22.3 Å². The van der Waals surface area contributed by atoms with E-state index in [1.54, 1.807) is 12.3 Å². The van der Waals surface area contributed by atoms with E-state index in [0.717, 1.165) is 19.0 Å². The van der Waals surface area contributed by atoms with Gasteiger partial charge in [-0.1, -0.05) is 31.4 Å². The van der Waals surface area contributed by atoms with Crippen LogP contribution in [0.2, 0.25) is 5.02 Å². The number of nitrogens with one attached hydrogen (secondary N) is 2. The molecule has 0 saturated heterocycles. The molecule has 0 aliphatic heterocycles. The van der Waals surface area contributed by atoms with Crippen LogP contribution in [0.25, 0.3) is 0 Å². The third-order valence-corrected chi connectivity index (χ3v) is 4.42. The normalized spacial score (nSPS) is 21.9. The summed E-state index contributed by atoms with van der Waals surface area (Å²) >= 11 is 6.11. The molecule has 1 saturated carbocycles. The second-order valence-corrected chi connectivity index (χ2v) is 6.33. The van der Waals surface area contributed by atoms with Gasteiger partial charge in [-0.2, -0.15) is 0 Å². The van der Waals surface area contributed by atoms with Gasteiger partial charge in [0.05, 0.1) is 10.6 Å². The van der Waals surface area contributed by atoms with Crippen molar-refractivity contribution < 1.29 is 4.79 Å². The van der Waals surface area contributed by atoms with Crippen molar-refractivity contribution in [1.82, 2.24) is 10.3 Å². The van der Waals surface area contributed by atoms with Gasteiger partial charge in [0.25, 0.3) is 5.91 Å². The Morgan fingerprint density at radius 2 is 2.10 bits per heavy atom. The molecule has 0 unspecified atom stereocenters. The summed E-state index contributed by atoms with van der Waals surface area (Å²) in [6.07, 6.45) is 6.53. The smallest absolute Gasteiger partial charge is 0.252 e. The maximum atomic E-state index is 12.1. The quantitative estimate of drug-likeness (QED) is 0.871. The topological polar surface area (TPSA) is 54.0 Å². The van der Waals surface area contributed by atoms with Crippen LogP contribution in [0.4, 0.5) is 5.82 Å². The van der Waals surface area contributed by atoms with Gasteiger partial charge in [-0.25, -0.2) is 4.98 Å². The van der Waals surface area contributed by atoms with E-state index in [9.17, 15) is 4.79 Å². The van der Waals surface area contributed by atoms with Gasteiger partial charge in [-0.15, -0.1) is 0 Å². The zero-order valence-corrected chi connectivity index (χ0v) is 13.5. The molecule has 2 rings (SSSR count). The summed E-state index contributed by atoms with van der Waals surface area (Å²) < 4.78 is 0. The maximum Gasteiger partial charge on any atom is 0.252 e. The molecule has 0 aromatic carbocycles. The number of anilines is 1. The summed E-state index contributed by atoms with van der Waals surface area (Å²) in [5, 5.41) is 6.54. The van der Waals surface area contributed by atoms with E-state index in [4.69, 9.17) is 11.6 Å². The SMILES string of the molecule is CCNc1ncc(C(=O)NCC2CCC(C)CC2)cc1Cl. The van der Waals surface area contributed by atoms with E-state index in [1.807, 2.05) is 6.92 Å². The first kappa shape index (κ1) is 16.1. The van der Waals surface area contributed by atoms with Gasteiger partial charge in [-0.3, -0.25) is 4.79 Å². The Balaban J connectivity index is 1.87. The molecule has 0 spiro atoms. The van der Waals surface area contributed by atoms with Crippen LogP contribution in [-0.2, 0) is 0 Å². The summed E-state index contributed by atoms with van der Waals surface area (Å²) in [7, 11) is 0. The van der Waals surface area contributed by atoms with E-state index < -0.39 is 0 Å². The van der Waals surface area contributed by atoms with Crippen molar-refractivity contribution in [3.63, 3.8) is 0 Å². The lowest BCUT2D eigenvalue weighted by atomic mass is 9.83. The first-order chi connectivity index (χ1) is 10.1. The van der Waals surface area contributed by atoms with Gasteiger partial charge in [0.15, 0.2) is 0 Å². The fourth-order valence-corrected chi connectivity index (χ4v) is 2.97. The molecular formula is C16H24ClN3O. The predicted octanol–water partition coefficient (Wildman–Crippen LogP) is 3.72. The average Bonchev–Trinajstić information content (AvgIpc) is 2.48. The van der Waals surface area contributed by atoms with Crippen molar-refractivity contribution in [2.75, 3.05) is 18.4 Å². The van der Waals surface area contributed by atoms with Crippen molar-refractivity contribution in [2.45, 2.75) is 39.5 Å². The Morgan fingerprint density at radius 3 is 2.71 bits per heavy atom. The van der Waals surface area contributed by atoms with Crippen LogP contribution in [0.1, 0.15) is 49.9 Å².